The van der Waals surface area contributed by atoms with Crippen LogP contribution in [0.3, 0.4) is 0 Å². The van der Waals surface area contributed by atoms with Crippen molar-refractivity contribution in [2.75, 3.05) is 13.1 Å². The minimum absolute atomic E-state index is 0.721. The van der Waals surface area contributed by atoms with Crippen LogP contribution >= 0.6 is 0 Å². The van der Waals surface area contributed by atoms with Gasteiger partial charge in [-0.05, 0) is 18.6 Å². The third-order valence-electron chi connectivity index (χ3n) is 2.38. The zero-order valence-corrected chi connectivity index (χ0v) is 8.04. The van der Waals surface area contributed by atoms with Crippen molar-refractivity contribution in [1.82, 2.24) is 5.32 Å². The molecule has 0 aliphatic carbocycles. The Bertz CT molecular complexity index is 427. The summed E-state index contributed by atoms with van der Waals surface area (Å²) in [5, 5.41) is 12.1. The average molecular weight is 185 g/mol. The first kappa shape index (κ1) is 8.76. The molecule has 2 rings (SSSR count). The van der Waals surface area contributed by atoms with Crippen LogP contribution in [-0.2, 0) is 0 Å². The summed E-state index contributed by atoms with van der Waals surface area (Å²) in [5.74, 6) is 0.916. The molecule has 0 radical (unpaired) electrons. The lowest BCUT2D eigenvalue weighted by Crippen LogP contribution is -2.20. The second-order valence-electron chi connectivity index (χ2n) is 3.25. The molecule has 0 spiro atoms. The Morgan fingerprint density at radius 2 is 2.36 bits per heavy atom. The minimum atomic E-state index is 0.721. The fourth-order valence-electron chi connectivity index (χ4n) is 1.59. The van der Waals surface area contributed by atoms with Crippen molar-refractivity contribution in [3.8, 4) is 6.07 Å². The Morgan fingerprint density at radius 3 is 3.00 bits per heavy atom. The first-order valence-corrected chi connectivity index (χ1v) is 4.61. The van der Waals surface area contributed by atoms with Crippen molar-refractivity contribution in [3.63, 3.8) is 0 Å². The standard InChI is InChI=1S/C11H11N3/c1-8-9(7-12)3-2-4-10(8)11-13-5-6-14-11/h2-4H,5-6H2,1H3,(H,13,14). The van der Waals surface area contributed by atoms with Crippen LogP contribution < -0.4 is 5.32 Å². The fraction of sp³-hybridized carbons (Fsp3) is 0.273. The highest BCUT2D eigenvalue weighted by molar-refractivity contribution is 6.01. The highest BCUT2D eigenvalue weighted by Gasteiger charge is 2.11. The summed E-state index contributed by atoms with van der Waals surface area (Å²) in [4.78, 5) is 4.34. The summed E-state index contributed by atoms with van der Waals surface area (Å²) in [7, 11) is 0. The van der Waals surface area contributed by atoms with Gasteiger partial charge in [0.15, 0.2) is 0 Å². The predicted octanol–water partition coefficient (Wildman–Crippen LogP) is 1.22. The summed E-state index contributed by atoms with van der Waals surface area (Å²) in [6, 6.07) is 7.89. The number of nitrogens with one attached hydrogen (secondary N) is 1. The topological polar surface area (TPSA) is 48.2 Å². The zero-order valence-electron chi connectivity index (χ0n) is 8.04. The largest absolute Gasteiger partial charge is 0.368 e. The van der Waals surface area contributed by atoms with E-state index >= 15 is 0 Å². The molecule has 3 heteroatoms. The third kappa shape index (κ3) is 1.35. The quantitative estimate of drug-likeness (QED) is 0.715. The second kappa shape index (κ2) is 3.51. The van der Waals surface area contributed by atoms with Gasteiger partial charge in [0, 0.05) is 12.1 Å². The first-order chi connectivity index (χ1) is 6.83. The van der Waals surface area contributed by atoms with Crippen LogP contribution in [-0.4, -0.2) is 18.9 Å². The van der Waals surface area contributed by atoms with Crippen LogP contribution in [0, 0.1) is 18.3 Å². The Morgan fingerprint density at radius 1 is 1.50 bits per heavy atom. The molecule has 3 nitrogen and oxygen atoms in total. The van der Waals surface area contributed by atoms with Gasteiger partial charge in [-0.3, -0.25) is 4.99 Å². The van der Waals surface area contributed by atoms with Gasteiger partial charge in [-0.15, -0.1) is 0 Å². The number of amidine groups is 1. The van der Waals surface area contributed by atoms with E-state index in [1.54, 1.807) is 0 Å². The Kier molecular flexibility index (Phi) is 2.19. The maximum absolute atomic E-state index is 8.88. The molecule has 0 bridgehead atoms. The van der Waals surface area contributed by atoms with Gasteiger partial charge in [0.1, 0.15) is 5.84 Å². The lowest BCUT2D eigenvalue weighted by atomic mass is 10.0. The smallest absolute Gasteiger partial charge is 0.128 e. The normalized spacial score (nSPS) is 14.4. The minimum Gasteiger partial charge on any atom is -0.368 e. The number of benzene rings is 1. The van der Waals surface area contributed by atoms with Crippen LogP contribution in [0.15, 0.2) is 23.2 Å². The molecular formula is C11H11N3. The molecule has 1 aliphatic heterocycles. The first-order valence-electron chi connectivity index (χ1n) is 4.61. The van der Waals surface area contributed by atoms with Crippen molar-refractivity contribution in [1.29, 1.82) is 5.26 Å². The van der Waals surface area contributed by atoms with E-state index in [-0.39, 0.29) is 0 Å². The highest BCUT2D eigenvalue weighted by Crippen LogP contribution is 2.14. The highest BCUT2D eigenvalue weighted by atomic mass is 15.1. The van der Waals surface area contributed by atoms with Crippen molar-refractivity contribution in [2.45, 2.75) is 6.92 Å². The predicted molar refractivity (Wildman–Crippen MR) is 55.3 cm³/mol. The van der Waals surface area contributed by atoms with Crippen molar-refractivity contribution < 1.29 is 0 Å². The van der Waals surface area contributed by atoms with Gasteiger partial charge < -0.3 is 5.32 Å². The number of hydrogen-bond donors (Lipinski definition) is 1. The fourth-order valence-corrected chi connectivity index (χ4v) is 1.59. The summed E-state index contributed by atoms with van der Waals surface area (Å²) in [5.41, 5.74) is 2.77. The number of hydrogen-bond acceptors (Lipinski definition) is 3. The van der Waals surface area contributed by atoms with Crippen molar-refractivity contribution >= 4 is 5.84 Å². The Balaban J connectivity index is 2.49. The SMILES string of the molecule is Cc1c(C#N)cccc1C1=NCCN1. The van der Waals surface area contributed by atoms with Gasteiger partial charge in [0.05, 0.1) is 18.2 Å². The lowest BCUT2D eigenvalue weighted by molar-refractivity contribution is 0.959. The van der Waals surface area contributed by atoms with E-state index in [0.717, 1.165) is 35.6 Å². The number of nitriles is 1. The summed E-state index contributed by atoms with van der Waals surface area (Å²) in [6.07, 6.45) is 0. The van der Waals surface area contributed by atoms with Crippen LogP contribution in [0.1, 0.15) is 16.7 Å². The van der Waals surface area contributed by atoms with Crippen molar-refractivity contribution in [3.05, 3.63) is 34.9 Å². The van der Waals surface area contributed by atoms with Gasteiger partial charge in [-0.1, -0.05) is 12.1 Å². The van der Waals surface area contributed by atoms with Crippen molar-refractivity contribution in [2.24, 2.45) is 4.99 Å². The van der Waals surface area contributed by atoms with Crippen LogP contribution in [0.5, 0.6) is 0 Å². The molecule has 70 valence electrons. The van der Waals surface area contributed by atoms with E-state index < -0.39 is 0 Å². The van der Waals surface area contributed by atoms with Crippen LogP contribution in [0.4, 0.5) is 0 Å². The number of rotatable bonds is 1. The third-order valence-corrected chi connectivity index (χ3v) is 2.38. The second-order valence-corrected chi connectivity index (χ2v) is 3.25. The summed E-state index contributed by atoms with van der Waals surface area (Å²) in [6.45, 7) is 3.67. The monoisotopic (exact) mass is 185 g/mol. The van der Waals surface area contributed by atoms with Gasteiger partial charge in [0.25, 0.3) is 0 Å². The molecule has 1 heterocycles. The van der Waals surface area contributed by atoms with E-state index in [2.05, 4.69) is 16.4 Å². The lowest BCUT2D eigenvalue weighted by Gasteiger charge is -2.07. The van der Waals surface area contributed by atoms with Gasteiger partial charge >= 0.3 is 0 Å². The van der Waals surface area contributed by atoms with E-state index in [9.17, 15) is 0 Å². The molecule has 1 aromatic carbocycles. The number of aliphatic imine (C=N–C) groups is 1. The molecule has 0 unspecified atom stereocenters. The van der Waals surface area contributed by atoms with Gasteiger partial charge in [-0.25, -0.2) is 0 Å². The molecule has 0 fully saturated rings. The molecule has 0 amide bonds. The molecule has 0 aromatic heterocycles. The van der Waals surface area contributed by atoms with E-state index in [4.69, 9.17) is 5.26 Å². The summed E-state index contributed by atoms with van der Waals surface area (Å²) < 4.78 is 0. The average Bonchev–Trinajstić information content (AvgIpc) is 2.71. The molecule has 0 atom stereocenters. The summed E-state index contributed by atoms with van der Waals surface area (Å²) >= 11 is 0. The molecule has 14 heavy (non-hydrogen) atoms. The molecule has 1 N–H and O–H groups in total. The van der Waals surface area contributed by atoms with E-state index in [1.165, 1.54) is 0 Å². The Hall–Kier alpha value is -1.82. The number of nitrogens with zero attached hydrogens (tertiary/aromatic N) is 2. The van der Waals surface area contributed by atoms with E-state index in [1.807, 2.05) is 25.1 Å². The molecule has 0 saturated carbocycles. The molecular weight excluding hydrogens is 174 g/mol. The molecule has 1 aliphatic rings. The Labute approximate surface area is 83.1 Å². The zero-order chi connectivity index (χ0) is 9.97. The van der Waals surface area contributed by atoms with Crippen LogP contribution in [0.2, 0.25) is 0 Å². The van der Waals surface area contributed by atoms with Crippen LogP contribution in [0.25, 0.3) is 0 Å². The van der Waals surface area contributed by atoms with E-state index in [0.29, 0.717) is 0 Å². The maximum Gasteiger partial charge on any atom is 0.128 e. The maximum atomic E-state index is 8.88. The molecule has 1 aromatic rings. The van der Waals surface area contributed by atoms with Gasteiger partial charge in [0.2, 0.25) is 0 Å². The molecule has 0 saturated heterocycles. The van der Waals surface area contributed by atoms with Gasteiger partial charge in [-0.2, -0.15) is 5.26 Å².